The number of hydrogen-bond donors (Lipinski definition) is 2. The number of nitrogens with zero attached hydrogens (tertiary/aromatic N) is 2. The second-order valence-electron chi connectivity index (χ2n) is 9.01. The highest BCUT2D eigenvalue weighted by molar-refractivity contribution is 7.90. The maximum atomic E-state index is 12.8. The van der Waals surface area contributed by atoms with Gasteiger partial charge in [-0.15, -0.1) is 0 Å². The van der Waals surface area contributed by atoms with Crippen LogP contribution in [0.2, 0.25) is 5.02 Å². The quantitative estimate of drug-likeness (QED) is 0.430. The van der Waals surface area contributed by atoms with Crippen molar-refractivity contribution >= 4 is 27.4 Å². The van der Waals surface area contributed by atoms with Crippen molar-refractivity contribution in [3.05, 3.63) is 76.6 Å². The summed E-state index contributed by atoms with van der Waals surface area (Å²) in [5.41, 5.74) is 8.64. The van der Waals surface area contributed by atoms with Crippen LogP contribution in [0.15, 0.2) is 59.8 Å². The van der Waals surface area contributed by atoms with Gasteiger partial charge in [0, 0.05) is 24.5 Å². The molecule has 4 rings (SSSR count). The summed E-state index contributed by atoms with van der Waals surface area (Å²) in [5, 5.41) is 3.63. The van der Waals surface area contributed by atoms with Gasteiger partial charge in [-0.3, -0.25) is 0 Å². The molecule has 1 fully saturated rings. The van der Waals surface area contributed by atoms with Crippen LogP contribution in [-0.2, 0) is 28.4 Å². The minimum atomic E-state index is -3.57. The van der Waals surface area contributed by atoms with Crippen LogP contribution in [0.25, 0.3) is 0 Å². The molecule has 1 saturated carbocycles. The molecule has 1 heterocycles. The van der Waals surface area contributed by atoms with Gasteiger partial charge in [0.1, 0.15) is 5.75 Å². The van der Waals surface area contributed by atoms with E-state index in [2.05, 4.69) is 15.3 Å². The van der Waals surface area contributed by atoms with Gasteiger partial charge in [-0.05, 0) is 73.4 Å². The van der Waals surface area contributed by atoms with Crippen LogP contribution in [0, 0.1) is 0 Å². The summed E-state index contributed by atoms with van der Waals surface area (Å²) in [6.07, 6.45) is 9.31. The molecule has 0 bridgehead atoms. The van der Waals surface area contributed by atoms with E-state index in [0.29, 0.717) is 29.3 Å². The predicted molar refractivity (Wildman–Crippen MR) is 139 cm³/mol. The Morgan fingerprint density at radius 3 is 2.43 bits per heavy atom. The molecule has 0 radical (unpaired) electrons. The second kappa shape index (κ2) is 11.4. The molecule has 186 valence electrons. The minimum absolute atomic E-state index is 0.134. The van der Waals surface area contributed by atoms with E-state index in [9.17, 15) is 8.42 Å². The Labute approximate surface area is 212 Å². The fraction of sp³-hybridized carbons (Fsp3) is 0.385. The number of halogens is 1. The number of aryl methyl sites for hydroxylation is 2. The van der Waals surface area contributed by atoms with Crippen molar-refractivity contribution in [2.45, 2.75) is 61.3 Å². The lowest BCUT2D eigenvalue weighted by Crippen LogP contribution is -2.33. The van der Waals surface area contributed by atoms with Crippen molar-refractivity contribution in [1.29, 1.82) is 0 Å². The van der Waals surface area contributed by atoms with Gasteiger partial charge in [0.15, 0.2) is 9.84 Å². The van der Waals surface area contributed by atoms with Crippen LogP contribution in [0.1, 0.15) is 42.4 Å². The first kappa shape index (κ1) is 25.4. The molecule has 0 saturated heterocycles. The van der Waals surface area contributed by atoms with E-state index in [4.69, 9.17) is 22.1 Å². The predicted octanol–water partition coefficient (Wildman–Crippen LogP) is 4.58. The summed E-state index contributed by atoms with van der Waals surface area (Å²) in [5.74, 6) is 1.16. The zero-order chi connectivity index (χ0) is 24.8. The van der Waals surface area contributed by atoms with E-state index < -0.39 is 9.84 Å². The first-order valence-electron chi connectivity index (χ1n) is 11.8. The molecule has 9 heteroatoms. The van der Waals surface area contributed by atoms with Gasteiger partial charge in [-0.1, -0.05) is 35.9 Å². The maximum absolute atomic E-state index is 12.8. The number of hydrogen-bond acceptors (Lipinski definition) is 7. The average Bonchev–Trinajstić information content (AvgIpc) is 2.85. The first-order chi connectivity index (χ1) is 16.8. The highest BCUT2D eigenvalue weighted by Gasteiger charge is 2.20. The van der Waals surface area contributed by atoms with Crippen molar-refractivity contribution < 1.29 is 13.2 Å². The highest BCUT2D eigenvalue weighted by atomic mass is 35.5. The molecule has 0 unspecified atom stereocenters. The topological polar surface area (TPSA) is 107 Å². The monoisotopic (exact) mass is 514 g/mol. The number of nitrogens with one attached hydrogen (secondary N) is 1. The van der Waals surface area contributed by atoms with E-state index >= 15 is 0 Å². The molecule has 1 aliphatic carbocycles. The molecule has 3 aromatic rings. The lowest BCUT2D eigenvalue weighted by molar-refractivity contribution is 0.409. The molecule has 2 aromatic carbocycles. The summed E-state index contributed by atoms with van der Waals surface area (Å²) in [7, 11) is -1.98. The molecule has 0 atom stereocenters. The van der Waals surface area contributed by atoms with Crippen LogP contribution < -0.4 is 15.8 Å². The van der Waals surface area contributed by atoms with Crippen LogP contribution in [0.3, 0.4) is 0 Å². The summed E-state index contributed by atoms with van der Waals surface area (Å²) >= 11 is 6.10. The van der Waals surface area contributed by atoms with Gasteiger partial charge in [-0.2, -0.15) is 0 Å². The number of methoxy groups -OCH3 is 1. The number of anilines is 1. The SMILES string of the molecule is COc1cc(CS(=O)(=O)c2ccccc2Cl)ccc1CCc1cnc(NC2CCC(N)CC2)nc1. The van der Waals surface area contributed by atoms with Gasteiger partial charge in [-0.25, -0.2) is 18.4 Å². The third-order valence-electron chi connectivity index (χ3n) is 6.37. The zero-order valence-electron chi connectivity index (χ0n) is 19.8. The fourth-order valence-corrected chi connectivity index (χ4v) is 6.28. The molecule has 7 nitrogen and oxygen atoms in total. The fourth-order valence-electron chi connectivity index (χ4n) is 4.36. The van der Waals surface area contributed by atoms with Gasteiger partial charge in [0.25, 0.3) is 0 Å². The second-order valence-corrected chi connectivity index (χ2v) is 11.4. The number of nitrogens with two attached hydrogens (primary N) is 1. The molecule has 0 aliphatic heterocycles. The lowest BCUT2D eigenvalue weighted by atomic mass is 9.92. The van der Waals surface area contributed by atoms with Crippen molar-refractivity contribution in [1.82, 2.24) is 9.97 Å². The van der Waals surface area contributed by atoms with E-state index in [1.807, 2.05) is 24.5 Å². The van der Waals surface area contributed by atoms with Crippen LogP contribution in [0.4, 0.5) is 5.95 Å². The molecular formula is C26H31ClN4O3S. The highest BCUT2D eigenvalue weighted by Crippen LogP contribution is 2.28. The van der Waals surface area contributed by atoms with Gasteiger partial charge >= 0.3 is 0 Å². The number of sulfone groups is 1. The third-order valence-corrected chi connectivity index (χ3v) is 8.55. The van der Waals surface area contributed by atoms with E-state index in [1.54, 1.807) is 31.4 Å². The Kier molecular flexibility index (Phi) is 8.26. The van der Waals surface area contributed by atoms with E-state index in [0.717, 1.165) is 49.7 Å². The van der Waals surface area contributed by atoms with Gasteiger partial charge in [0.05, 0.1) is 22.8 Å². The Bertz CT molecular complexity index is 1240. The number of aromatic nitrogens is 2. The van der Waals surface area contributed by atoms with Gasteiger partial charge < -0.3 is 15.8 Å². The zero-order valence-corrected chi connectivity index (χ0v) is 21.4. The van der Waals surface area contributed by atoms with Gasteiger partial charge in [0.2, 0.25) is 5.95 Å². The number of ether oxygens (including phenoxy) is 1. The summed E-state index contributed by atoms with van der Waals surface area (Å²) in [6.45, 7) is 0. The molecule has 0 spiro atoms. The Hall–Kier alpha value is -2.68. The first-order valence-corrected chi connectivity index (χ1v) is 13.8. The van der Waals surface area contributed by atoms with Crippen molar-refractivity contribution in [3.63, 3.8) is 0 Å². The molecule has 1 aromatic heterocycles. The summed E-state index contributed by atoms with van der Waals surface area (Å²) in [6, 6.07) is 12.7. The standard InChI is InChI=1S/C26H31ClN4O3S/c1-34-24-14-18(17-35(32,33)25-5-3-2-4-23(25)27)6-8-20(24)9-7-19-15-29-26(30-16-19)31-22-12-10-21(28)11-13-22/h2-6,8,14-16,21-22H,7,9-13,17,28H2,1H3,(H,29,30,31). The molecule has 0 amide bonds. The molecule has 35 heavy (non-hydrogen) atoms. The molecule has 1 aliphatic rings. The van der Waals surface area contributed by atoms with Crippen molar-refractivity contribution in [2.75, 3.05) is 12.4 Å². The smallest absolute Gasteiger partial charge is 0.222 e. The van der Waals surface area contributed by atoms with Crippen molar-refractivity contribution in [2.24, 2.45) is 5.73 Å². The molecular weight excluding hydrogens is 484 g/mol. The molecule has 3 N–H and O–H groups in total. The summed E-state index contributed by atoms with van der Waals surface area (Å²) in [4.78, 5) is 9.08. The van der Waals surface area contributed by atoms with Crippen molar-refractivity contribution in [3.8, 4) is 5.75 Å². The van der Waals surface area contributed by atoms with Crippen LogP contribution in [-0.4, -0.2) is 37.6 Å². The number of rotatable bonds is 9. The Morgan fingerprint density at radius 1 is 1.03 bits per heavy atom. The third kappa shape index (κ3) is 6.72. The minimum Gasteiger partial charge on any atom is -0.496 e. The number of benzene rings is 2. The normalized spacial score (nSPS) is 18.3. The Balaban J connectivity index is 1.37. The van der Waals surface area contributed by atoms with Crippen LogP contribution in [0.5, 0.6) is 5.75 Å². The average molecular weight is 515 g/mol. The summed E-state index contributed by atoms with van der Waals surface area (Å²) < 4.78 is 31.2. The maximum Gasteiger partial charge on any atom is 0.222 e. The van der Waals surface area contributed by atoms with Crippen LogP contribution >= 0.6 is 11.6 Å². The van der Waals surface area contributed by atoms with E-state index in [-0.39, 0.29) is 15.7 Å². The van der Waals surface area contributed by atoms with E-state index in [1.165, 1.54) is 6.07 Å². The lowest BCUT2D eigenvalue weighted by Gasteiger charge is -2.26. The largest absolute Gasteiger partial charge is 0.496 e. The Morgan fingerprint density at radius 2 is 1.74 bits per heavy atom.